The predicted molar refractivity (Wildman–Crippen MR) is 124 cm³/mol. The number of carbonyl (C=O) groups is 1. The molecule has 0 bridgehead atoms. The quantitative estimate of drug-likeness (QED) is 0.364. The number of benzene rings is 3. The third-order valence-electron chi connectivity index (χ3n) is 5.58. The van der Waals surface area contributed by atoms with E-state index in [0.29, 0.717) is 18.0 Å². The van der Waals surface area contributed by atoms with Crippen LogP contribution in [-0.2, 0) is 17.9 Å². The molecule has 158 valence electrons. The highest BCUT2D eigenvalue weighted by atomic mass is 35.5. The second-order valence-electron chi connectivity index (χ2n) is 7.60. The smallest absolute Gasteiger partial charge is 0.221 e. The van der Waals surface area contributed by atoms with Crippen LogP contribution in [0.5, 0.6) is 0 Å². The van der Waals surface area contributed by atoms with E-state index in [0.717, 1.165) is 34.1 Å². The predicted octanol–water partition coefficient (Wildman–Crippen LogP) is 6.29. The van der Waals surface area contributed by atoms with Gasteiger partial charge in [-0.05, 0) is 53.9 Å². The maximum atomic E-state index is 13.1. The second kappa shape index (κ2) is 9.36. The number of carbonyl (C=O) groups excluding carboxylic acids is 1. The lowest BCUT2D eigenvalue weighted by Gasteiger charge is -2.18. The molecule has 1 N–H and O–H groups in total. The average Bonchev–Trinajstić information content (AvgIpc) is 3.16. The molecule has 0 aliphatic rings. The van der Waals surface area contributed by atoms with Gasteiger partial charge in [-0.1, -0.05) is 54.1 Å². The number of halogens is 2. The summed E-state index contributed by atoms with van der Waals surface area (Å²) in [6.07, 6.45) is 2.43. The fourth-order valence-electron chi connectivity index (χ4n) is 4.01. The lowest BCUT2D eigenvalue weighted by molar-refractivity contribution is -0.121. The molecule has 0 aliphatic carbocycles. The van der Waals surface area contributed by atoms with E-state index in [9.17, 15) is 9.18 Å². The molecule has 1 heterocycles. The highest BCUT2D eigenvalue weighted by Crippen LogP contribution is 2.35. The van der Waals surface area contributed by atoms with Crippen LogP contribution in [0.2, 0.25) is 5.02 Å². The van der Waals surface area contributed by atoms with E-state index in [-0.39, 0.29) is 17.6 Å². The van der Waals surface area contributed by atoms with Crippen molar-refractivity contribution in [2.45, 2.75) is 32.4 Å². The number of hydrogen-bond acceptors (Lipinski definition) is 1. The third kappa shape index (κ3) is 4.80. The molecular weight excluding hydrogens is 411 g/mol. The molecule has 0 saturated heterocycles. The van der Waals surface area contributed by atoms with Crippen LogP contribution in [0, 0.1) is 5.82 Å². The van der Waals surface area contributed by atoms with Gasteiger partial charge in [-0.2, -0.15) is 0 Å². The minimum Gasteiger partial charge on any atom is -0.352 e. The van der Waals surface area contributed by atoms with Gasteiger partial charge in [-0.15, -0.1) is 0 Å². The van der Waals surface area contributed by atoms with Crippen LogP contribution in [0.3, 0.4) is 0 Å². The van der Waals surface area contributed by atoms with Crippen LogP contribution >= 0.6 is 11.6 Å². The number of aryl methyl sites for hydroxylation is 1. The van der Waals surface area contributed by atoms with Crippen LogP contribution < -0.4 is 5.32 Å². The van der Waals surface area contributed by atoms with E-state index >= 15 is 0 Å². The number of aromatic nitrogens is 1. The molecule has 31 heavy (non-hydrogen) atoms. The summed E-state index contributed by atoms with van der Waals surface area (Å²) in [5.74, 6) is -0.490. The zero-order valence-electron chi connectivity index (χ0n) is 17.3. The summed E-state index contributed by atoms with van der Waals surface area (Å²) < 4.78 is 15.3. The molecule has 4 rings (SSSR count). The average molecular weight is 435 g/mol. The number of amides is 1. The Morgan fingerprint density at radius 1 is 1.06 bits per heavy atom. The normalized spacial score (nSPS) is 12.1. The summed E-state index contributed by atoms with van der Waals surface area (Å²) in [5.41, 5.74) is 4.12. The topological polar surface area (TPSA) is 34.0 Å². The number of rotatable bonds is 7. The molecule has 0 fully saturated rings. The molecule has 1 atom stereocenters. The Morgan fingerprint density at radius 3 is 2.58 bits per heavy atom. The summed E-state index contributed by atoms with van der Waals surface area (Å²) in [6, 6.07) is 22.1. The largest absolute Gasteiger partial charge is 0.352 e. The van der Waals surface area contributed by atoms with Crippen molar-refractivity contribution in [2.75, 3.05) is 0 Å². The third-order valence-corrected chi connectivity index (χ3v) is 5.81. The first-order chi connectivity index (χ1) is 15.0. The fraction of sp³-hybridized carbons (Fsp3) is 0.192. The summed E-state index contributed by atoms with van der Waals surface area (Å²) >= 11 is 6.28. The van der Waals surface area contributed by atoms with Crippen LogP contribution in [-0.4, -0.2) is 10.5 Å². The lowest BCUT2D eigenvalue weighted by atomic mass is 9.88. The molecular formula is C26H24ClFN2O. The Morgan fingerprint density at radius 2 is 1.84 bits per heavy atom. The van der Waals surface area contributed by atoms with Crippen molar-refractivity contribution in [2.24, 2.45) is 0 Å². The molecule has 0 aliphatic heterocycles. The van der Waals surface area contributed by atoms with E-state index in [4.69, 9.17) is 11.6 Å². The van der Waals surface area contributed by atoms with Crippen LogP contribution in [0.25, 0.3) is 10.9 Å². The van der Waals surface area contributed by atoms with Crippen molar-refractivity contribution in [1.29, 1.82) is 0 Å². The van der Waals surface area contributed by atoms with E-state index in [1.165, 1.54) is 12.1 Å². The van der Waals surface area contributed by atoms with E-state index < -0.39 is 0 Å². The maximum absolute atomic E-state index is 13.1. The van der Waals surface area contributed by atoms with Gasteiger partial charge < -0.3 is 9.88 Å². The van der Waals surface area contributed by atoms with E-state index in [2.05, 4.69) is 35.1 Å². The van der Waals surface area contributed by atoms with Gasteiger partial charge in [-0.25, -0.2) is 4.39 Å². The number of fused-ring (bicyclic) bond motifs is 1. The molecule has 1 unspecified atom stereocenters. The Balaban J connectivity index is 1.64. The van der Waals surface area contributed by atoms with Crippen molar-refractivity contribution in [3.8, 4) is 0 Å². The first-order valence-corrected chi connectivity index (χ1v) is 10.8. The van der Waals surface area contributed by atoms with Crippen molar-refractivity contribution in [3.63, 3.8) is 0 Å². The van der Waals surface area contributed by atoms with Gasteiger partial charge in [0, 0.05) is 47.6 Å². The van der Waals surface area contributed by atoms with Gasteiger partial charge in [-0.3, -0.25) is 4.79 Å². The molecule has 0 radical (unpaired) electrons. The van der Waals surface area contributed by atoms with Crippen molar-refractivity contribution < 1.29 is 9.18 Å². The zero-order chi connectivity index (χ0) is 21.8. The van der Waals surface area contributed by atoms with Gasteiger partial charge >= 0.3 is 0 Å². The number of hydrogen-bond donors (Lipinski definition) is 1. The summed E-state index contributed by atoms with van der Waals surface area (Å²) in [5, 5.41) is 4.76. The lowest BCUT2D eigenvalue weighted by Crippen LogP contribution is -2.25. The van der Waals surface area contributed by atoms with Crippen LogP contribution in [0.15, 0.2) is 79.0 Å². The fourth-order valence-corrected chi connectivity index (χ4v) is 4.20. The zero-order valence-corrected chi connectivity index (χ0v) is 18.1. The summed E-state index contributed by atoms with van der Waals surface area (Å²) in [6.45, 7) is 3.32. The van der Waals surface area contributed by atoms with Crippen molar-refractivity contribution >= 4 is 28.4 Å². The molecule has 1 aromatic heterocycles. The van der Waals surface area contributed by atoms with Crippen molar-refractivity contribution in [1.82, 2.24) is 9.88 Å². The Bertz CT molecular complexity index is 1200. The highest BCUT2D eigenvalue weighted by molar-refractivity contribution is 6.30. The van der Waals surface area contributed by atoms with Gasteiger partial charge in [0.05, 0.1) is 0 Å². The molecule has 4 aromatic rings. The Hall–Kier alpha value is -3.11. The van der Waals surface area contributed by atoms with E-state index in [1.807, 2.05) is 36.4 Å². The standard InChI is InChI=1S/C26H24ClFN2O/c1-2-30-17-24(22-8-3-4-9-25(22)30)23(19-6-5-7-20(27)14-19)15-26(31)29-16-18-10-12-21(28)13-11-18/h3-14,17,23H,2,15-16H2,1H3,(H,29,31). The molecule has 3 nitrogen and oxygen atoms in total. The monoisotopic (exact) mass is 434 g/mol. The summed E-state index contributed by atoms with van der Waals surface area (Å²) in [4.78, 5) is 12.9. The SMILES string of the molecule is CCn1cc(C(CC(=O)NCc2ccc(F)cc2)c2cccc(Cl)c2)c2ccccc21. The first-order valence-electron chi connectivity index (χ1n) is 10.4. The molecule has 0 saturated carbocycles. The van der Waals surface area contributed by atoms with E-state index in [1.54, 1.807) is 12.1 Å². The molecule has 0 spiro atoms. The molecule has 3 aromatic carbocycles. The van der Waals surface area contributed by atoms with Crippen LogP contribution in [0.4, 0.5) is 4.39 Å². The van der Waals surface area contributed by atoms with Crippen LogP contribution in [0.1, 0.15) is 36.0 Å². The second-order valence-corrected chi connectivity index (χ2v) is 8.04. The van der Waals surface area contributed by atoms with Gasteiger partial charge in [0.15, 0.2) is 0 Å². The first kappa shape index (κ1) is 21.1. The Kier molecular flexibility index (Phi) is 6.38. The van der Waals surface area contributed by atoms with Crippen molar-refractivity contribution in [3.05, 3.63) is 107 Å². The minimum absolute atomic E-state index is 0.0670. The molecule has 1 amide bonds. The Labute approximate surface area is 186 Å². The number of nitrogens with zero attached hydrogens (tertiary/aromatic N) is 1. The summed E-state index contributed by atoms with van der Waals surface area (Å²) in [7, 11) is 0. The highest BCUT2D eigenvalue weighted by Gasteiger charge is 2.22. The van der Waals surface area contributed by atoms with Gasteiger partial charge in [0.1, 0.15) is 5.82 Å². The van der Waals surface area contributed by atoms with Gasteiger partial charge in [0.25, 0.3) is 0 Å². The number of para-hydroxylation sites is 1. The minimum atomic E-state index is -0.289. The maximum Gasteiger partial charge on any atom is 0.221 e. The van der Waals surface area contributed by atoms with Gasteiger partial charge in [0.2, 0.25) is 5.91 Å². The molecule has 5 heteroatoms. The number of nitrogens with one attached hydrogen (secondary N) is 1.